The summed E-state index contributed by atoms with van der Waals surface area (Å²) in [5.41, 5.74) is 0. The number of hydrogen-bond acceptors (Lipinski definition) is 5. The van der Waals surface area contributed by atoms with Crippen LogP contribution in [0.5, 0.6) is 11.9 Å². The molecule has 6 nitrogen and oxygen atoms in total. The molecule has 0 unspecified atom stereocenters. The molecule has 2 fully saturated rings. The zero-order valence-electron chi connectivity index (χ0n) is 12.3. The van der Waals surface area contributed by atoms with Gasteiger partial charge in [0.2, 0.25) is 11.8 Å². The van der Waals surface area contributed by atoms with Crippen LogP contribution < -0.4 is 9.47 Å². The molecule has 6 heteroatoms. The highest BCUT2D eigenvalue weighted by atomic mass is 16.5. The summed E-state index contributed by atoms with van der Waals surface area (Å²) in [6.07, 6.45) is 6.60. The molecule has 0 N–H and O–H groups in total. The second-order valence-corrected chi connectivity index (χ2v) is 5.73. The number of likely N-dealkylation sites (tertiary alicyclic amines) is 1. The van der Waals surface area contributed by atoms with E-state index in [1.165, 1.54) is 20.0 Å². The third-order valence-electron chi connectivity index (χ3n) is 4.03. The summed E-state index contributed by atoms with van der Waals surface area (Å²) >= 11 is 0. The fourth-order valence-corrected chi connectivity index (χ4v) is 2.58. The van der Waals surface area contributed by atoms with Crippen LogP contribution in [0.15, 0.2) is 12.3 Å². The van der Waals surface area contributed by atoms with E-state index in [1.807, 2.05) is 4.90 Å². The van der Waals surface area contributed by atoms with Crippen molar-refractivity contribution in [3.63, 3.8) is 0 Å². The SMILES string of the molecule is COc1nccc(OC2CCN(C(=O)CC3CC3)CC2)n1. The molecule has 0 bridgehead atoms. The maximum absolute atomic E-state index is 12.0. The van der Waals surface area contributed by atoms with Gasteiger partial charge in [-0.05, 0) is 18.8 Å². The van der Waals surface area contributed by atoms with E-state index < -0.39 is 0 Å². The first-order valence-corrected chi connectivity index (χ1v) is 7.56. The Morgan fingerprint density at radius 3 is 2.76 bits per heavy atom. The first kappa shape index (κ1) is 14.1. The van der Waals surface area contributed by atoms with E-state index in [-0.39, 0.29) is 6.10 Å². The molecule has 1 aliphatic carbocycles. The lowest BCUT2D eigenvalue weighted by molar-refractivity contribution is -0.133. The van der Waals surface area contributed by atoms with Gasteiger partial charge >= 0.3 is 6.01 Å². The number of carbonyl (C=O) groups excluding carboxylic acids is 1. The van der Waals surface area contributed by atoms with Crippen molar-refractivity contribution in [1.29, 1.82) is 0 Å². The summed E-state index contributed by atoms with van der Waals surface area (Å²) in [6.45, 7) is 1.55. The Balaban J connectivity index is 1.47. The Kier molecular flexibility index (Phi) is 4.22. The van der Waals surface area contributed by atoms with Gasteiger partial charge in [0.05, 0.1) is 7.11 Å². The minimum absolute atomic E-state index is 0.106. The van der Waals surface area contributed by atoms with Gasteiger partial charge in [-0.2, -0.15) is 4.98 Å². The summed E-state index contributed by atoms with van der Waals surface area (Å²) < 4.78 is 10.8. The third-order valence-corrected chi connectivity index (χ3v) is 4.03. The Bertz CT molecular complexity index is 497. The van der Waals surface area contributed by atoms with Crippen LogP contribution in [0.3, 0.4) is 0 Å². The highest BCUT2D eigenvalue weighted by molar-refractivity contribution is 5.76. The van der Waals surface area contributed by atoms with Crippen molar-refractivity contribution in [2.24, 2.45) is 5.92 Å². The topological polar surface area (TPSA) is 64.6 Å². The van der Waals surface area contributed by atoms with Gasteiger partial charge in [0.15, 0.2) is 0 Å². The minimum atomic E-state index is 0.106. The van der Waals surface area contributed by atoms with Gasteiger partial charge in [0, 0.05) is 44.6 Å². The highest BCUT2D eigenvalue weighted by Gasteiger charge is 2.29. The van der Waals surface area contributed by atoms with Crippen molar-refractivity contribution in [2.75, 3.05) is 20.2 Å². The maximum Gasteiger partial charge on any atom is 0.319 e. The van der Waals surface area contributed by atoms with E-state index in [9.17, 15) is 4.79 Å². The van der Waals surface area contributed by atoms with E-state index in [4.69, 9.17) is 9.47 Å². The largest absolute Gasteiger partial charge is 0.474 e. The zero-order chi connectivity index (χ0) is 14.7. The van der Waals surface area contributed by atoms with Crippen LogP contribution in [0.1, 0.15) is 32.1 Å². The Morgan fingerprint density at radius 2 is 2.10 bits per heavy atom. The second kappa shape index (κ2) is 6.28. The Hall–Kier alpha value is -1.85. The average molecular weight is 291 g/mol. The van der Waals surface area contributed by atoms with Crippen LogP contribution in [-0.4, -0.2) is 47.1 Å². The molecule has 3 rings (SSSR count). The van der Waals surface area contributed by atoms with E-state index >= 15 is 0 Å². The van der Waals surface area contributed by atoms with Crippen molar-refractivity contribution >= 4 is 5.91 Å². The number of amides is 1. The van der Waals surface area contributed by atoms with E-state index in [0.29, 0.717) is 23.7 Å². The van der Waals surface area contributed by atoms with Crippen LogP contribution in [0.2, 0.25) is 0 Å². The molecular formula is C15H21N3O3. The van der Waals surface area contributed by atoms with Gasteiger partial charge in [-0.25, -0.2) is 4.98 Å². The molecule has 1 aromatic rings. The number of aromatic nitrogens is 2. The zero-order valence-corrected chi connectivity index (χ0v) is 12.3. The molecule has 1 saturated heterocycles. The number of carbonyl (C=O) groups is 1. The van der Waals surface area contributed by atoms with Crippen LogP contribution in [-0.2, 0) is 4.79 Å². The molecule has 114 valence electrons. The van der Waals surface area contributed by atoms with Crippen molar-refractivity contribution in [2.45, 2.75) is 38.2 Å². The minimum Gasteiger partial charge on any atom is -0.474 e. The summed E-state index contributed by atoms with van der Waals surface area (Å²) in [6, 6.07) is 2.04. The fraction of sp³-hybridized carbons (Fsp3) is 0.667. The average Bonchev–Trinajstić information content (AvgIpc) is 3.32. The lowest BCUT2D eigenvalue weighted by atomic mass is 10.1. The molecule has 0 atom stereocenters. The lowest BCUT2D eigenvalue weighted by Crippen LogP contribution is -2.41. The third kappa shape index (κ3) is 3.83. The quantitative estimate of drug-likeness (QED) is 0.825. The van der Waals surface area contributed by atoms with Gasteiger partial charge in [-0.15, -0.1) is 0 Å². The van der Waals surface area contributed by atoms with Gasteiger partial charge in [-0.3, -0.25) is 4.79 Å². The Morgan fingerprint density at radius 1 is 1.33 bits per heavy atom. The summed E-state index contributed by atoms with van der Waals surface area (Å²) in [4.78, 5) is 22.1. The number of rotatable bonds is 5. The predicted molar refractivity (Wildman–Crippen MR) is 76.2 cm³/mol. The number of methoxy groups -OCH3 is 1. The van der Waals surface area contributed by atoms with Crippen LogP contribution in [0.25, 0.3) is 0 Å². The fourth-order valence-electron chi connectivity index (χ4n) is 2.58. The Labute approximate surface area is 124 Å². The van der Waals surface area contributed by atoms with Crippen molar-refractivity contribution in [1.82, 2.24) is 14.9 Å². The first-order chi connectivity index (χ1) is 10.2. The molecule has 0 spiro atoms. The predicted octanol–water partition coefficient (Wildman–Crippen LogP) is 1.66. The molecule has 1 aromatic heterocycles. The lowest BCUT2D eigenvalue weighted by Gasteiger charge is -2.32. The molecule has 2 heterocycles. The number of hydrogen-bond donors (Lipinski definition) is 0. The molecule has 2 aliphatic rings. The molecule has 0 radical (unpaired) electrons. The van der Waals surface area contributed by atoms with Crippen molar-refractivity contribution < 1.29 is 14.3 Å². The normalized spacial score (nSPS) is 19.4. The molecule has 1 amide bonds. The van der Waals surface area contributed by atoms with Gasteiger partial charge in [0.25, 0.3) is 0 Å². The maximum atomic E-state index is 12.0. The van der Waals surface area contributed by atoms with E-state index in [0.717, 1.165) is 32.4 Å². The monoisotopic (exact) mass is 291 g/mol. The molecule has 21 heavy (non-hydrogen) atoms. The van der Waals surface area contributed by atoms with Crippen molar-refractivity contribution in [3.8, 4) is 11.9 Å². The number of piperidine rings is 1. The van der Waals surface area contributed by atoms with Gasteiger partial charge < -0.3 is 14.4 Å². The highest BCUT2D eigenvalue weighted by Crippen LogP contribution is 2.33. The van der Waals surface area contributed by atoms with E-state index in [2.05, 4.69) is 9.97 Å². The second-order valence-electron chi connectivity index (χ2n) is 5.73. The summed E-state index contributed by atoms with van der Waals surface area (Å²) in [5.74, 6) is 1.49. The summed E-state index contributed by atoms with van der Waals surface area (Å²) in [5, 5.41) is 0. The molecule has 1 aliphatic heterocycles. The van der Waals surface area contributed by atoms with Crippen LogP contribution in [0.4, 0.5) is 0 Å². The molecule has 0 aromatic carbocycles. The van der Waals surface area contributed by atoms with Crippen molar-refractivity contribution in [3.05, 3.63) is 12.3 Å². The number of nitrogens with zero attached hydrogens (tertiary/aromatic N) is 3. The smallest absolute Gasteiger partial charge is 0.319 e. The van der Waals surface area contributed by atoms with Gasteiger partial charge in [-0.1, -0.05) is 0 Å². The molecular weight excluding hydrogens is 270 g/mol. The molecule has 1 saturated carbocycles. The van der Waals surface area contributed by atoms with Gasteiger partial charge in [0.1, 0.15) is 6.10 Å². The van der Waals surface area contributed by atoms with Crippen LogP contribution in [0, 0.1) is 5.92 Å². The van der Waals surface area contributed by atoms with E-state index in [1.54, 1.807) is 12.3 Å². The standard InChI is InChI=1S/C15H21N3O3/c1-20-15-16-7-4-13(17-15)21-12-5-8-18(9-6-12)14(19)10-11-2-3-11/h4,7,11-12H,2-3,5-6,8-10H2,1H3. The number of ether oxygens (including phenoxy) is 2. The summed E-state index contributed by atoms with van der Waals surface area (Å²) in [7, 11) is 1.53. The van der Waals surface area contributed by atoms with Crippen LogP contribution >= 0.6 is 0 Å². The first-order valence-electron chi connectivity index (χ1n) is 7.56.